The van der Waals surface area contributed by atoms with Crippen LogP contribution >= 0.6 is 11.6 Å². The average Bonchev–Trinajstić information content (AvgIpc) is 2.18. The van der Waals surface area contributed by atoms with Gasteiger partial charge in [0.15, 0.2) is 0 Å². The molecule has 0 bridgehead atoms. The van der Waals surface area contributed by atoms with Crippen LogP contribution in [0, 0.1) is 0 Å². The zero-order chi connectivity index (χ0) is 12.0. The summed E-state index contributed by atoms with van der Waals surface area (Å²) in [7, 11) is -3.09. The van der Waals surface area contributed by atoms with Crippen molar-refractivity contribution in [2.24, 2.45) is 0 Å². The number of nitrogens with one attached hydrogen (secondary N) is 2. The summed E-state index contributed by atoms with van der Waals surface area (Å²) in [6.07, 6.45) is 5.02. The first-order valence-corrected chi connectivity index (χ1v) is 7.04. The Bertz CT molecular complexity index is 436. The molecule has 0 aliphatic heterocycles. The van der Waals surface area contributed by atoms with Crippen LogP contribution in [-0.4, -0.2) is 32.7 Å². The second-order valence-electron chi connectivity index (χ2n) is 3.30. The van der Waals surface area contributed by atoms with E-state index in [-0.39, 0.29) is 0 Å². The van der Waals surface area contributed by atoms with E-state index in [1.807, 2.05) is 0 Å². The summed E-state index contributed by atoms with van der Waals surface area (Å²) in [5, 5.41) is 3.65. The Morgan fingerprint density at radius 2 is 2.19 bits per heavy atom. The minimum Gasteiger partial charge on any atom is -0.384 e. The fourth-order valence-corrected chi connectivity index (χ4v) is 1.79. The van der Waals surface area contributed by atoms with Gasteiger partial charge in [-0.25, -0.2) is 13.1 Å². The van der Waals surface area contributed by atoms with Crippen LogP contribution in [0.1, 0.15) is 6.42 Å². The summed E-state index contributed by atoms with van der Waals surface area (Å²) < 4.78 is 23.9. The largest absolute Gasteiger partial charge is 0.384 e. The van der Waals surface area contributed by atoms with E-state index in [4.69, 9.17) is 11.6 Å². The van der Waals surface area contributed by atoms with E-state index < -0.39 is 10.0 Å². The molecule has 0 aliphatic carbocycles. The van der Waals surface area contributed by atoms with Crippen molar-refractivity contribution < 1.29 is 8.42 Å². The molecule has 0 fully saturated rings. The normalized spacial score (nSPS) is 11.4. The number of nitrogens with zero attached hydrogens (tertiary/aromatic N) is 1. The van der Waals surface area contributed by atoms with Gasteiger partial charge in [0.25, 0.3) is 0 Å². The molecule has 0 amide bonds. The van der Waals surface area contributed by atoms with Gasteiger partial charge >= 0.3 is 0 Å². The van der Waals surface area contributed by atoms with Crippen LogP contribution in [0.2, 0.25) is 5.02 Å². The quantitative estimate of drug-likeness (QED) is 0.754. The van der Waals surface area contributed by atoms with Gasteiger partial charge in [0.2, 0.25) is 10.0 Å². The molecule has 7 heteroatoms. The van der Waals surface area contributed by atoms with Crippen molar-refractivity contribution in [3.05, 3.63) is 23.5 Å². The zero-order valence-electron chi connectivity index (χ0n) is 8.90. The van der Waals surface area contributed by atoms with Gasteiger partial charge in [-0.2, -0.15) is 0 Å². The topological polar surface area (TPSA) is 71.1 Å². The number of halogens is 1. The van der Waals surface area contributed by atoms with Crippen LogP contribution in [0.15, 0.2) is 18.5 Å². The summed E-state index contributed by atoms with van der Waals surface area (Å²) in [4.78, 5) is 3.86. The predicted octanol–water partition coefficient (Wildman–Crippen LogP) is 1.09. The molecule has 1 aromatic heterocycles. The van der Waals surface area contributed by atoms with Crippen molar-refractivity contribution in [3.63, 3.8) is 0 Å². The van der Waals surface area contributed by atoms with E-state index in [9.17, 15) is 8.42 Å². The molecular formula is C9H14ClN3O2S. The van der Waals surface area contributed by atoms with Crippen molar-refractivity contribution in [1.29, 1.82) is 0 Å². The number of anilines is 1. The monoisotopic (exact) mass is 263 g/mol. The molecule has 2 N–H and O–H groups in total. The highest BCUT2D eigenvalue weighted by Gasteiger charge is 2.00. The second kappa shape index (κ2) is 6.03. The van der Waals surface area contributed by atoms with Crippen LogP contribution in [0.3, 0.4) is 0 Å². The van der Waals surface area contributed by atoms with Crippen molar-refractivity contribution >= 4 is 27.3 Å². The van der Waals surface area contributed by atoms with Crippen molar-refractivity contribution in [3.8, 4) is 0 Å². The summed E-state index contributed by atoms with van der Waals surface area (Å²) in [5.41, 5.74) is 0.802. The SMILES string of the molecule is CS(=O)(=O)NCCCNc1ccncc1Cl. The fraction of sp³-hybridized carbons (Fsp3) is 0.444. The minimum absolute atomic E-state index is 0.411. The van der Waals surface area contributed by atoms with Crippen LogP contribution in [0.25, 0.3) is 0 Å². The standard InChI is InChI=1S/C9H14ClN3O2S/c1-16(14,15)13-5-2-4-12-9-3-6-11-7-8(9)10/h3,6-7,13H,2,4-5H2,1H3,(H,11,12). The van der Waals surface area contributed by atoms with Crippen molar-refractivity contribution in [1.82, 2.24) is 9.71 Å². The molecule has 0 unspecified atom stereocenters. The molecule has 0 radical (unpaired) electrons. The third-order valence-corrected chi connectivity index (χ3v) is 2.84. The molecule has 0 atom stereocenters. The van der Waals surface area contributed by atoms with Crippen molar-refractivity contribution in [2.75, 3.05) is 24.7 Å². The maximum absolute atomic E-state index is 10.8. The van der Waals surface area contributed by atoms with Crippen LogP contribution in [0.5, 0.6) is 0 Å². The third-order valence-electron chi connectivity index (χ3n) is 1.81. The Morgan fingerprint density at radius 3 is 2.81 bits per heavy atom. The smallest absolute Gasteiger partial charge is 0.208 e. The molecule has 1 aromatic rings. The van der Waals surface area contributed by atoms with Gasteiger partial charge in [-0.05, 0) is 12.5 Å². The lowest BCUT2D eigenvalue weighted by molar-refractivity contribution is 0.586. The van der Waals surface area contributed by atoms with E-state index in [2.05, 4.69) is 15.0 Å². The Hall–Kier alpha value is -0.850. The number of sulfonamides is 1. The Balaban J connectivity index is 2.24. The van der Waals surface area contributed by atoms with Gasteiger partial charge in [-0.15, -0.1) is 0 Å². The molecule has 0 aromatic carbocycles. The highest BCUT2D eigenvalue weighted by Crippen LogP contribution is 2.18. The Labute approximate surface area is 100 Å². The summed E-state index contributed by atoms with van der Waals surface area (Å²) in [5.74, 6) is 0. The highest BCUT2D eigenvalue weighted by atomic mass is 35.5. The number of aromatic nitrogens is 1. The van der Waals surface area contributed by atoms with Gasteiger partial charge in [0.05, 0.1) is 17.0 Å². The molecule has 0 saturated heterocycles. The van der Waals surface area contributed by atoms with Crippen LogP contribution < -0.4 is 10.0 Å². The number of hydrogen-bond donors (Lipinski definition) is 2. The van der Waals surface area contributed by atoms with E-state index >= 15 is 0 Å². The third kappa shape index (κ3) is 5.29. The first-order valence-electron chi connectivity index (χ1n) is 4.77. The molecular weight excluding hydrogens is 250 g/mol. The zero-order valence-corrected chi connectivity index (χ0v) is 10.5. The van der Waals surface area contributed by atoms with Gasteiger partial charge in [-0.3, -0.25) is 4.98 Å². The number of hydrogen-bond acceptors (Lipinski definition) is 4. The fourth-order valence-electron chi connectivity index (χ4n) is 1.09. The highest BCUT2D eigenvalue weighted by molar-refractivity contribution is 7.88. The van der Waals surface area contributed by atoms with E-state index in [1.165, 1.54) is 0 Å². The Morgan fingerprint density at radius 1 is 1.44 bits per heavy atom. The first kappa shape index (κ1) is 13.2. The number of pyridine rings is 1. The van der Waals surface area contributed by atoms with Gasteiger partial charge in [0, 0.05) is 25.5 Å². The summed E-state index contributed by atoms with van der Waals surface area (Å²) >= 11 is 5.87. The van der Waals surface area contributed by atoms with Crippen molar-refractivity contribution in [2.45, 2.75) is 6.42 Å². The summed E-state index contributed by atoms with van der Waals surface area (Å²) in [6.45, 7) is 1.06. The average molecular weight is 264 g/mol. The van der Waals surface area contributed by atoms with Gasteiger partial charge in [0.1, 0.15) is 0 Å². The minimum atomic E-state index is -3.09. The second-order valence-corrected chi connectivity index (χ2v) is 5.54. The molecule has 16 heavy (non-hydrogen) atoms. The van der Waals surface area contributed by atoms with Gasteiger partial charge in [-0.1, -0.05) is 11.6 Å². The van der Waals surface area contributed by atoms with Crippen LogP contribution in [-0.2, 0) is 10.0 Å². The lowest BCUT2D eigenvalue weighted by atomic mass is 10.3. The van der Waals surface area contributed by atoms with Crippen LogP contribution in [0.4, 0.5) is 5.69 Å². The molecule has 90 valence electrons. The van der Waals surface area contributed by atoms with E-state index in [0.29, 0.717) is 24.5 Å². The predicted molar refractivity (Wildman–Crippen MR) is 65.2 cm³/mol. The molecule has 1 heterocycles. The molecule has 0 aliphatic rings. The van der Waals surface area contributed by atoms with E-state index in [0.717, 1.165) is 11.9 Å². The lowest BCUT2D eigenvalue weighted by Crippen LogP contribution is -2.24. The summed E-state index contributed by atoms with van der Waals surface area (Å²) in [6, 6.07) is 1.77. The van der Waals surface area contributed by atoms with Gasteiger partial charge < -0.3 is 5.32 Å². The Kier molecular flexibility index (Phi) is 4.98. The molecule has 0 saturated carbocycles. The molecule has 1 rings (SSSR count). The van der Waals surface area contributed by atoms with E-state index in [1.54, 1.807) is 18.5 Å². The molecule has 5 nitrogen and oxygen atoms in total. The maximum atomic E-state index is 10.8. The lowest BCUT2D eigenvalue weighted by Gasteiger charge is -2.07. The first-order chi connectivity index (χ1) is 7.49. The maximum Gasteiger partial charge on any atom is 0.208 e. The molecule has 0 spiro atoms. The number of rotatable bonds is 6.